The fraction of sp³-hybridized carbons (Fsp3) is 0.429. The number of carbonyl (C=O) groups is 2. The van der Waals surface area contributed by atoms with Crippen LogP contribution in [0, 0.1) is 12.8 Å². The molecule has 0 aliphatic carbocycles. The van der Waals surface area contributed by atoms with Gasteiger partial charge in [-0.15, -0.1) is 0 Å². The minimum Gasteiger partial charge on any atom is -0.356 e. The number of nitrogens with zero attached hydrogens (tertiary/aromatic N) is 1. The first-order valence-electron chi connectivity index (χ1n) is 6.37. The van der Waals surface area contributed by atoms with Crippen LogP contribution in [0.3, 0.4) is 0 Å². The quantitative estimate of drug-likeness (QED) is 0.922. The lowest BCUT2D eigenvalue weighted by Gasteiger charge is -2.17. The Balaban J connectivity index is 2.15. The summed E-state index contributed by atoms with van der Waals surface area (Å²) in [5.41, 5.74) is 1.73. The van der Waals surface area contributed by atoms with Gasteiger partial charge in [-0.2, -0.15) is 0 Å². The van der Waals surface area contributed by atoms with Crippen molar-refractivity contribution in [3.8, 4) is 0 Å². The van der Waals surface area contributed by atoms with Gasteiger partial charge in [-0.1, -0.05) is 17.7 Å². The molecule has 5 heteroatoms. The molecule has 0 aromatic heterocycles. The lowest BCUT2D eigenvalue weighted by Crippen LogP contribution is -2.32. The topological polar surface area (TPSA) is 49.4 Å². The van der Waals surface area contributed by atoms with Crippen molar-refractivity contribution in [1.82, 2.24) is 5.32 Å². The lowest BCUT2D eigenvalue weighted by atomic mass is 10.1. The minimum atomic E-state index is -0.271. The van der Waals surface area contributed by atoms with Crippen LogP contribution >= 0.6 is 11.6 Å². The zero-order chi connectivity index (χ0) is 14.0. The van der Waals surface area contributed by atoms with E-state index in [2.05, 4.69) is 5.32 Å². The molecule has 0 spiro atoms. The monoisotopic (exact) mass is 280 g/mol. The van der Waals surface area contributed by atoms with Crippen molar-refractivity contribution in [3.05, 3.63) is 28.8 Å². The molecule has 2 amide bonds. The van der Waals surface area contributed by atoms with Crippen LogP contribution in [0.25, 0.3) is 0 Å². The third kappa shape index (κ3) is 2.89. The van der Waals surface area contributed by atoms with Crippen molar-refractivity contribution in [1.29, 1.82) is 0 Å². The molecule has 4 nitrogen and oxygen atoms in total. The van der Waals surface area contributed by atoms with Crippen molar-refractivity contribution in [2.45, 2.75) is 20.3 Å². The molecule has 1 atom stereocenters. The molecule has 1 aromatic rings. The summed E-state index contributed by atoms with van der Waals surface area (Å²) in [6.07, 6.45) is 0.261. The molecule has 102 valence electrons. The summed E-state index contributed by atoms with van der Waals surface area (Å²) in [5.74, 6) is -0.361. The van der Waals surface area contributed by atoms with Gasteiger partial charge in [0.05, 0.1) is 5.92 Å². The van der Waals surface area contributed by atoms with Crippen molar-refractivity contribution in [2.75, 3.05) is 18.0 Å². The first-order chi connectivity index (χ1) is 9.02. The largest absolute Gasteiger partial charge is 0.356 e. The van der Waals surface area contributed by atoms with Gasteiger partial charge in [0, 0.05) is 30.2 Å². The molecule has 1 N–H and O–H groups in total. The van der Waals surface area contributed by atoms with E-state index in [1.165, 1.54) is 0 Å². The predicted octanol–water partition coefficient (Wildman–Crippen LogP) is 2.14. The molecule has 0 saturated carbocycles. The lowest BCUT2D eigenvalue weighted by molar-refractivity contribution is -0.126. The van der Waals surface area contributed by atoms with Crippen LogP contribution < -0.4 is 10.2 Å². The molecule has 1 aromatic carbocycles. The molecule has 1 aliphatic heterocycles. The van der Waals surface area contributed by atoms with Crippen LogP contribution in [0.5, 0.6) is 0 Å². The Hall–Kier alpha value is -1.55. The highest BCUT2D eigenvalue weighted by Crippen LogP contribution is 2.28. The number of rotatable bonds is 3. The van der Waals surface area contributed by atoms with E-state index in [1.54, 1.807) is 11.0 Å². The van der Waals surface area contributed by atoms with E-state index in [9.17, 15) is 9.59 Å². The van der Waals surface area contributed by atoms with E-state index in [-0.39, 0.29) is 24.2 Å². The Morgan fingerprint density at radius 1 is 1.53 bits per heavy atom. The van der Waals surface area contributed by atoms with Gasteiger partial charge in [0.2, 0.25) is 11.8 Å². The van der Waals surface area contributed by atoms with Crippen LogP contribution in [0.2, 0.25) is 5.02 Å². The number of aryl methyl sites for hydroxylation is 1. The van der Waals surface area contributed by atoms with Crippen molar-refractivity contribution in [2.24, 2.45) is 5.92 Å². The highest BCUT2D eigenvalue weighted by atomic mass is 35.5. The van der Waals surface area contributed by atoms with Crippen LogP contribution in [-0.4, -0.2) is 24.9 Å². The summed E-state index contributed by atoms with van der Waals surface area (Å²) < 4.78 is 0. The molecule has 1 heterocycles. The smallest absolute Gasteiger partial charge is 0.227 e. The molecular weight excluding hydrogens is 264 g/mol. The third-order valence-electron chi connectivity index (χ3n) is 3.31. The van der Waals surface area contributed by atoms with Crippen LogP contribution in [-0.2, 0) is 9.59 Å². The second-order valence-corrected chi connectivity index (χ2v) is 5.14. The number of hydrogen-bond acceptors (Lipinski definition) is 2. The number of benzene rings is 1. The highest BCUT2D eigenvalue weighted by molar-refractivity contribution is 6.31. The van der Waals surface area contributed by atoms with Gasteiger partial charge in [0.1, 0.15) is 0 Å². The molecular formula is C14H17ClN2O2. The first-order valence-corrected chi connectivity index (χ1v) is 6.75. The van der Waals surface area contributed by atoms with Gasteiger partial charge in [0.25, 0.3) is 0 Å². The van der Waals surface area contributed by atoms with E-state index >= 15 is 0 Å². The summed E-state index contributed by atoms with van der Waals surface area (Å²) in [5, 5.41) is 3.39. The van der Waals surface area contributed by atoms with Crippen LogP contribution in [0.4, 0.5) is 5.69 Å². The van der Waals surface area contributed by atoms with Crippen molar-refractivity contribution < 1.29 is 9.59 Å². The van der Waals surface area contributed by atoms with E-state index < -0.39 is 0 Å². The Morgan fingerprint density at radius 3 is 2.89 bits per heavy atom. The second kappa shape index (κ2) is 5.61. The average Bonchev–Trinajstić information content (AvgIpc) is 2.75. The van der Waals surface area contributed by atoms with Gasteiger partial charge in [-0.3, -0.25) is 9.59 Å². The predicted molar refractivity (Wildman–Crippen MR) is 75.3 cm³/mol. The Labute approximate surface area is 117 Å². The first kappa shape index (κ1) is 13.9. The molecule has 1 aliphatic rings. The summed E-state index contributed by atoms with van der Waals surface area (Å²) in [4.78, 5) is 25.4. The van der Waals surface area contributed by atoms with Crippen molar-refractivity contribution >= 4 is 29.1 Å². The number of anilines is 1. The maximum Gasteiger partial charge on any atom is 0.227 e. The maximum atomic E-state index is 12.0. The second-order valence-electron chi connectivity index (χ2n) is 4.73. The molecule has 0 radical (unpaired) electrons. The van der Waals surface area contributed by atoms with Gasteiger partial charge in [0.15, 0.2) is 0 Å². The fourth-order valence-corrected chi connectivity index (χ4v) is 2.38. The molecule has 1 saturated heterocycles. The van der Waals surface area contributed by atoms with Crippen LogP contribution in [0.1, 0.15) is 18.9 Å². The maximum absolute atomic E-state index is 12.0. The standard InChI is InChI=1S/C14H17ClN2O2/c1-3-16-14(19)10-6-13(18)17(8-10)11-5-4-9(2)12(15)7-11/h4-5,7,10H,3,6,8H2,1-2H3,(H,16,19)/t10-/m1/s1. The zero-order valence-corrected chi connectivity index (χ0v) is 11.8. The van der Waals surface area contributed by atoms with E-state index in [1.807, 2.05) is 26.0 Å². The number of nitrogens with one attached hydrogen (secondary N) is 1. The van der Waals surface area contributed by atoms with Gasteiger partial charge >= 0.3 is 0 Å². The number of halogens is 1. The SMILES string of the molecule is CCNC(=O)[C@@H]1CC(=O)N(c2ccc(C)c(Cl)c2)C1. The Morgan fingerprint density at radius 2 is 2.26 bits per heavy atom. The minimum absolute atomic E-state index is 0.0313. The third-order valence-corrected chi connectivity index (χ3v) is 3.72. The van der Waals surface area contributed by atoms with Gasteiger partial charge < -0.3 is 10.2 Å². The number of carbonyl (C=O) groups excluding carboxylic acids is 2. The molecule has 0 bridgehead atoms. The molecule has 19 heavy (non-hydrogen) atoms. The fourth-order valence-electron chi connectivity index (χ4n) is 2.20. The molecule has 2 rings (SSSR count). The van der Waals surface area contributed by atoms with Gasteiger partial charge in [-0.25, -0.2) is 0 Å². The van der Waals surface area contributed by atoms with E-state index in [0.717, 1.165) is 11.3 Å². The van der Waals surface area contributed by atoms with E-state index in [0.29, 0.717) is 18.1 Å². The Bertz CT molecular complexity index is 516. The number of amides is 2. The highest BCUT2D eigenvalue weighted by Gasteiger charge is 2.34. The van der Waals surface area contributed by atoms with Crippen molar-refractivity contribution in [3.63, 3.8) is 0 Å². The van der Waals surface area contributed by atoms with E-state index in [4.69, 9.17) is 11.6 Å². The number of hydrogen-bond donors (Lipinski definition) is 1. The Kier molecular flexibility index (Phi) is 4.10. The zero-order valence-electron chi connectivity index (χ0n) is 11.1. The van der Waals surface area contributed by atoms with Gasteiger partial charge in [-0.05, 0) is 31.5 Å². The molecule has 1 fully saturated rings. The summed E-state index contributed by atoms with van der Waals surface area (Å²) in [6.45, 7) is 4.78. The summed E-state index contributed by atoms with van der Waals surface area (Å²) in [6, 6.07) is 5.51. The normalized spacial score (nSPS) is 18.8. The summed E-state index contributed by atoms with van der Waals surface area (Å²) >= 11 is 6.07. The average molecular weight is 281 g/mol. The summed E-state index contributed by atoms with van der Waals surface area (Å²) in [7, 11) is 0. The molecule has 0 unspecified atom stereocenters. The van der Waals surface area contributed by atoms with Crippen LogP contribution in [0.15, 0.2) is 18.2 Å².